The first-order chi connectivity index (χ1) is 15.1. The van der Waals surface area contributed by atoms with Gasteiger partial charge in [0.05, 0.1) is 11.1 Å². The Morgan fingerprint density at radius 3 is 2.39 bits per heavy atom. The number of nitrogens with one attached hydrogen (secondary N) is 1. The van der Waals surface area contributed by atoms with Crippen LogP contribution in [0.5, 0.6) is 0 Å². The van der Waals surface area contributed by atoms with Crippen molar-refractivity contribution in [3.63, 3.8) is 0 Å². The SMILES string of the molecule is Cc1cccc(C(=O)N2CCCN(C(=O)c3cccc4c5c([nH]c34)CCCC5)CC2)c1. The first-order valence-corrected chi connectivity index (χ1v) is 11.4. The highest BCUT2D eigenvalue weighted by Gasteiger charge is 2.26. The molecule has 2 aliphatic rings. The molecule has 31 heavy (non-hydrogen) atoms. The first-order valence-electron chi connectivity index (χ1n) is 11.4. The van der Waals surface area contributed by atoms with E-state index in [1.807, 2.05) is 53.1 Å². The zero-order chi connectivity index (χ0) is 21.4. The fourth-order valence-corrected chi connectivity index (χ4v) is 5.06. The van der Waals surface area contributed by atoms with Gasteiger partial charge in [-0.25, -0.2) is 0 Å². The molecule has 1 aromatic heterocycles. The Bertz CT molecular complexity index is 1150. The molecule has 160 valence electrons. The van der Waals surface area contributed by atoms with E-state index in [-0.39, 0.29) is 11.8 Å². The fourth-order valence-electron chi connectivity index (χ4n) is 5.06. The second-order valence-corrected chi connectivity index (χ2v) is 8.82. The van der Waals surface area contributed by atoms with Crippen LogP contribution in [0.25, 0.3) is 10.9 Å². The number of aromatic nitrogens is 1. The van der Waals surface area contributed by atoms with E-state index in [0.717, 1.165) is 41.5 Å². The van der Waals surface area contributed by atoms with Crippen LogP contribution < -0.4 is 0 Å². The van der Waals surface area contributed by atoms with Crippen molar-refractivity contribution in [2.45, 2.75) is 39.0 Å². The van der Waals surface area contributed by atoms with Gasteiger partial charge in [0.15, 0.2) is 0 Å². The summed E-state index contributed by atoms with van der Waals surface area (Å²) < 4.78 is 0. The number of H-pyrrole nitrogens is 1. The van der Waals surface area contributed by atoms with E-state index in [1.54, 1.807) is 0 Å². The molecule has 1 saturated heterocycles. The number of para-hydroxylation sites is 1. The zero-order valence-electron chi connectivity index (χ0n) is 18.1. The molecule has 2 aromatic carbocycles. The first kappa shape index (κ1) is 19.9. The summed E-state index contributed by atoms with van der Waals surface area (Å²) in [7, 11) is 0. The van der Waals surface area contributed by atoms with Gasteiger partial charge in [-0.3, -0.25) is 9.59 Å². The van der Waals surface area contributed by atoms with Gasteiger partial charge in [0.25, 0.3) is 11.8 Å². The minimum atomic E-state index is 0.0529. The normalized spacial score (nSPS) is 16.8. The predicted octanol–water partition coefficient (Wildman–Crippen LogP) is 4.34. The van der Waals surface area contributed by atoms with E-state index in [0.29, 0.717) is 26.2 Å². The van der Waals surface area contributed by atoms with Gasteiger partial charge < -0.3 is 14.8 Å². The Balaban J connectivity index is 1.35. The molecule has 0 saturated carbocycles. The number of carbonyl (C=O) groups is 2. The van der Waals surface area contributed by atoms with Crippen molar-refractivity contribution in [3.8, 4) is 0 Å². The van der Waals surface area contributed by atoms with Crippen LogP contribution in [-0.2, 0) is 12.8 Å². The summed E-state index contributed by atoms with van der Waals surface area (Å²) in [5.41, 5.74) is 6.23. The highest BCUT2D eigenvalue weighted by Crippen LogP contribution is 2.31. The average Bonchev–Trinajstić information content (AvgIpc) is 2.99. The highest BCUT2D eigenvalue weighted by atomic mass is 16.2. The maximum Gasteiger partial charge on any atom is 0.256 e. The Morgan fingerprint density at radius 1 is 0.839 bits per heavy atom. The topological polar surface area (TPSA) is 56.4 Å². The maximum absolute atomic E-state index is 13.5. The highest BCUT2D eigenvalue weighted by molar-refractivity contribution is 6.07. The van der Waals surface area contributed by atoms with Gasteiger partial charge in [-0.15, -0.1) is 0 Å². The number of rotatable bonds is 2. The van der Waals surface area contributed by atoms with Crippen LogP contribution in [0, 0.1) is 6.92 Å². The van der Waals surface area contributed by atoms with Gasteiger partial charge in [-0.2, -0.15) is 0 Å². The third-order valence-corrected chi connectivity index (χ3v) is 6.70. The second-order valence-electron chi connectivity index (χ2n) is 8.82. The van der Waals surface area contributed by atoms with Crippen LogP contribution >= 0.6 is 0 Å². The summed E-state index contributed by atoms with van der Waals surface area (Å²) in [6.45, 7) is 4.48. The molecule has 1 fully saturated rings. The molecule has 1 aliphatic heterocycles. The van der Waals surface area contributed by atoms with Crippen molar-refractivity contribution >= 4 is 22.7 Å². The number of aryl methyl sites for hydroxylation is 3. The van der Waals surface area contributed by atoms with E-state index in [9.17, 15) is 9.59 Å². The molecular formula is C26H29N3O2. The van der Waals surface area contributed by atoms with Crippen LogP contribution in [0.3, 0.4) is 0 Å². The van der Waals surface area contributed by atoms with E-state index in [1.165, 1.54) is 29.5 Å². The van der Waals surface area contributed by atoms with Crippen molar-refractivity contribution in [3.05, 3.63) is 70.4 Å². The number of hydrogen-bond acceptors (Lipinski definition) is 2. The summed E-state index contributed by atoms with van der Waals surface area (Å²) in [4.78, 5) is 33.8. The van der Waals surface area contributed by atoms with Crippen LogP contribution in [0.1, 0.15) is 56.8 Å². The molecule has 2 amide bonds. The number of amides is 2. The number of carbonyl (C=O) groups excluding carboxylic acids is 2. The number of benzene rings is 2. The van der Waals surface area contributed by atoms with E-state index in [2.05, 4.69) is 11.1 Å². The van der Waals surface area contributed by atoms with Crippen molar-refractivity contribution in [1.82, 2.24) is 14.8 Å². The Hall–Kier alpha value is -3.08. The Kier molecular flexibility index (Phi) is 5.26. The van der Waals surface area contributed by atoms with Crippen LogP contribution in [0.4, 0.5) is 0 Å². The van der Waals surface area contributed by atoms with Crippen molar-refractivity contribution in [2.75, 3.05) is 26.2 Å². The minimum absolute atomic E-state index is 0.0529. The molecule has 0 spiro atoms. The summed E-state index contributed by atoms with van der Waals surface area (Å²) in [6.07, 6.45) is 5.37. The van der Waals surface area contributed by atoms with Crippen molar-refractivity contribution in [2.24, 2.45) is 0 Å². The molecule has 0 radical (unpaired) electrons. The van der Waals surface area contributed by atoms with Gasteiger partial charge >= 0.3 is 0 Å². The van der Waals surface area contributed by atoms with Gasteiger partial charge in [-0.05, 0) is 62.8 Å². The lowest BCUT2D eigenvalue weighted by atomic mass is 9.95. The molecule has 5 heteroatoms. The molecule has 0 atom stereocenters. The fraction of sp³-hybridized carbons (Fsp3) is 0.385. The standard InChI is InChI=1S/C26H29N3O2/c1-18-7-4-8-19(17-18)25(30)28-13-6-14-29(16-15-28)26(31)22-11-5-10-21-20-9-2-3-12-23(20)27-24(21)22/h4-5,7-8,10-11,17,27H,2-3,6,9,12-16H2,1H3. The largest absolute Gasteiger partial charge is 0.358 e. The molecule has 1 N–H and O–H groups in total. The summed E-state index contributed by atoms with van der Waals surface area (Å²) in [5.74, 6) is 0.117. The van der Waals surface area contributed by atoms with Crippen LogP contribution in [0.15, 0.2) is 42.5 Å². The molecule has 3 aromatic rings. The summed E-state index contributed by atoms with van der Waals surface area (Å²) >= 11 is 0. The smallest absolute Gasteiger partial charge is 0.256 e. The molecule has 0 unspecified atom stereocenters. The molecule has 5 rings (SSSR count). The zero-order valence-corrected chi connectivity index (χ0v) is 18.1. The lowest BCUT2D eigenvalue weighted by Gasteiger charge is -2.22. The number of nitrogens with zero attached hydrogens (tertiary/aromatic N) is 2. The van der Waals surface area contributed by atoms with Crippen LogP contribution in [-0.4, -0.2) is 52.8 Å². The number of fused-ring (bicyclic) bond motifs is 3. The number of hydrogen-bond donors (Lipinski definition) is 1. The lowest BCUT2D eigenvalue weighted by Crippen LogP contribution is -2.37. The van der Waals surface area contributed by atoms with Gasteiger partial charge in [0, 0.05) is 42.8 Å². The third kappa shape index (κ3) is 3.73. The molecular weight excluding hydrogens is 386 g/mol. The van der Waals surface area contributed by atoms with Crippen LogP contribution in [0.2, 0.25) is 0 Å². The van der Waals surface area contributed by atoms with Gasteiger partial charge in [-0.1, -0.05) is 29.8 Å². The Morgan fingerprint density at radius 2 is 1.58 bits per heavy atom. The van der Waals surface area contributed by atoms with Crippen molar-refractivity contribution in [1.29, 1.82) is 0 Å². The van der Waals surface area contributed by atoms with Crippen molar-refractivity contribution < 1.29 is 9.59 Å². The van der Waals surface area contributed by atoms with Gasteiger partial charge in [0.1, 0.15) is 0 Å². The average molecular weight is 416 g/mol. The van der Waals surface area contributed by atoms with E-state index < -0.39 is 0 Å². The summed E-state index contributed by atoms with van der Waals surface area (Å²) in [6, 6.07) is 13.8. The molecule has 0 bridgehead atoms. The third-order valence-electron chi connectivity index (χ3n) is 6.70. The second kappa shape index (κ2) is 8.22. The maximum atomic E-state index is 13.5. The number of aromatic amines is 1. The lowest BCUT2D eigenvalue weighted by molar-refractivity contribution is 0.0719. The molecule has 2 heterocycles. The monoisotopic (exact) mass is 415 g/mol. The predicted molar refractivity (Wildman–Crippen MR) is 123 cm³/mol. The van der Waals surface area contributed by atoms with E-state index >= 15 is 0 Å². The van der Waals surface area contributed by atoms with E-state index in [4.69, 9.17) is 0 Å². The molecule has 1 aliphatic carbocycles. The Labute approximate surface area is 183 Å². The molecule has 5 nitrogen and oxygen atoms in total. The minimum Gasteiger partial charge on any atom is -0.358 e. The summed E-state index contributed by atoms with van der Waals surface area (Å²) in [5, 5.41) is 1.20. The quantitative estimate of drug-likeness (QED) is 0.677. The van der Waals surface area contributed by atoms with Gasteiger partial charge in [0.2, 0.25) is 0 Å².